The summed E-state index contributed by atoms with van der Waals surface area (Å²) in [6, 6.07) is 9.81. The van der Waals surface area contributed by atoms with Crippen molar-refractivity contribution in [3.05, 3.63) is 141 Å². The molecule has 0 fully saturated rings. The fourth-order valence-corrected chi connectivity index (χ4v) is 6.52. The highest BCUT2D eigenvalue weighted by atomic mass is 19.1. The number of halogens is 2. The Kier molecular flexibility index (Phi) is 8.70. The third kappa shape index (κ3) is 6.81. The molecule has 3 N–H and O–H groups in total. The summed E-state index contributed by atoms with van der Waals surface area (Å²) >= 11 is 0. The van der Waals surface area contributed by atoms with Crippen molar-refractivity contribution < 1.29 is 23.4 Å². The van der Waals surface area contributed by atoms with Gasteiger partial charge in [-0.05, 0) is 74.1 Å². The molecule has 4 aromatic rings. The molecule has 2 aliphatic carbocycles. The van der Waals surface area contributed by atoms with E-state index in [1.165, 1.54) is 24.3 Å². The molecule has 1 aliphatic heterocycles. The van der Waals surface area contributed by atoms with Crippen LogP contribution in [-0.4, -0.2) is 41.0 Å². The molecule has 9 nitrogen and oxygen atoms in total. The summed E-state index contributed by atoms with van der Waals surface area (Å²) in [5.41, 5.74) is 9.56. The second kappa shape index (κ2) is 13.4. The van der Waals surface area contributed by atoms with Gasteiger partial charge in [0.2, 0.25) is 0 Å². The summed E-state index contributed by atoms with van der Waals surface area (Å²) in [6.45, 7) is 2.58. The third-order valence-corrected chi connectivity index (χ3v) is 9.24. The normalized spacial score (nSPS) is 19.4. The fourth-order valence-electron chi connectivity index (χ4n) is 6.52. The van der Waals surface area contributed by atoms with E-state index in [0.29, 0.717) is 36.1 Å². The molecule has 49 heavy (non-hydrogen) atoms. The second-order valence-electron chi connectivity index (χ2n) is 12.6. The molecule has 4 heterocycles. The van der Waals surface area contributed by atoms with Gasteiger partial charge in [-0.2, -0.15) is 4.39 Å². The van der Waals surface area contributed by atoms with Crippen molar-refractivity contribution in [2.24, 2.45) is 0 Å². The van der Waals surface area contributed by atoms with Crippen LogP contribution in [0.3, 0.4) is 0 Å². The van der Waals surface area contributed by atoms with Crippen molar-refractivity contribution in [2.75, 3.05) is 0 Å². The van der Waals surface area contributed by atoms with Crippen molar-refractivity contribution in [3.8, 4) is 0 Å². The van der Waals surface area contributed by atoms with Crippen LogP contribution >= 0.6 is 0 Å². The number of H-pyrrole nitrogens is 2. The number of carboxylic acid groups (broad SMARTS) is 1. The number of fused-ring (bicyclic) bond motifs is 8. The first-order chi connectivity index (χ1) is 23.7. The van der Waals surface area contributed by atoms with Gasteiger partial charge in [0.15, 0.2) is 17.3 Å². The number of allylic oxidation sites excluding steroid dienone is 5. The Labute approximate surface area is 280 Å². The number of aromatic nitrogens is 6. The molecule has 7 rings (SSSR count). The number of ether oxygens (including phenoxy) is 1. The van der Waals surface area contributed by atoms with E-state index in [9.17, 15) is 9.90 Å². The number of imidazole rings is 1. The Morgan fingerprint density at radius 2 is 2.08 bits per heavy atom. The molecule has 0 radical (unpaired) electrons. The largest absolute Gasteiger partial charge is 0.481 e. The molecule has 3 aliphatic rings. The van der Waals surface area contributed by atoms with Crippen LogP contribution in [0.5, 0.6) is 0 Å². The summed E-state index contributed by atoms with van der Waals surface area (Å²) < 4.78 is 38.8. The second-order valence-corrected chi connectivity index (χ2v) is 12.6. The highest BCUT2D eigenvalue weighted by molar-refractivity contribution is 5.76. The Morgan fingerprint density at radius 3 is 2.96 bits per heavy atom. The lowest BCUT2D eigenvalue weighted by Crippen LogP contribution is -2.25. The lowest BCUT2D eigenvalue weighted by molar-refractivity contribution is -0.136. The molecule has 1 aromatic carbocycles. The molecule has 6 bridgehead atoms. The van der Waals surface area contributed by atoms with Gasteiger partial charge in [0.1, 0.15) is 11.7 Å². The summed E-state index contributed by atoms with van der Waals surface area (Å²) in [4.78, 5) is 22.4. The van der Waals surface area contributed by atoms with Crippen LogP contribution in [0.15, 0.2) is 102 Å². The van der Waals surface area contributed by atoms with E-state index in [-0.39, 0.29) is 23.5 Å². The van der Waals surface area contributed by atoms with E-state index in [0.717, 1.165) is 53.4 Å². The number of aromatic amines is 2. The number of carboxylic acids is 1. The van der Waals surface area contributed by atoms with Crippen LogP contribution in [0, 0.1) is 0 Å². The van der Waals surface area contributed by atoms with Crippen LogP contribution < -0.4 is 10.6 Å². The summed E-state index contributed by atoms with van der Waals surface area (Å²) in [5, 5.41) is 19.4. The average Bonchev–Trinajstić information content (AvgIpc) is 3.83. The van der Waals surface area contributed by atoms with Gasteiger partial charge in [-0.25, -0.2) is 9.37 Å². The fraction of sp³-hybridized carbons (Fsp3) is 0.263. The summed E-state index contributed by atoms with van der Waals surface area (Å²) in [7, 11) is 0. The maximum atomic E-state index is 15.7. The minimum atomic E-state index is -0.851. The lowest BCUT2D eigenvalue weighted by atomic mass is 9.75. The van der Waals surface area contributed by atoms with Gasteiger partial charge in [-0.3, -0.25) is 9.48 Å². The first-order valence-corrected chi connectivity index (χ1v) is 16.3. The quantitative estimate of drug-likeness (QED) is 0.240. The Morgan fingerprint density at radius 1 is 1.18 bits per heavy atom. The lowest BCUT2D eigenvalue weighted by Gasteiger charge is -2.30. The molecule has 1 unspecified atom stereocenters. The Balaban J connectivity index is 1.32. The third-order valence-electron chi connectivity index (χ3n) is 9.24. The first kappa shape index (κ1) is 31.8. The number of nitrogens with one attached hydrogen (secondary N) is 2. The number of hydrogen-bond acceptors (Lipinski definition) is 5. The molecular weight excluding hydrogens is 626 g/mol. The van der Waals surface area contributed by atoms with Gasteiger partial charge in [-0.1, -0.05) is 41.6 Å². The van der Waals surface area contributed by atoms with E-state index in [1.807, 2.05) is 36.5 Å². The highest BCUT2D eigenvalue weighted by Crippen LogP contribution is 2.38. The number of rotatable bonds is 4. The van der Waals surface area contributed by atoms with Gasteiger partial charge in [0.05, 0.1) is 11.3 Å². The van der Waals surface area contributed by atoms with E-state index < -0.39 is 23.0 Å². The van der Waals surface area contributed by atoms with Gasteiger partial charge >= 0.3 is 5.97 Å². The number of nitrogens with zero attached hydrogens (tertiary/aromatic N) is 4. The monoisotopic (exact) mass is 660 g/mol. The van der Waals surface area contributed by atoms with Crippen molar-refractivity contribution >= 4 is 23.2 Å². The molecule has 0 spiro atoms. The van der Waals surface area contributed by atoms with E-state index in [4.69, 9.17) is 4.74 Å². The van der Waals surface area contributed by atoms with Gasteiger partial charge in [0, 0.05) is 71.0 Å². The summed E-state index contributed by atoms with van der Waals surface area (Å²) in [5.74, 6) is -1.42. The molecule has 0 amide bonds. The predicted octanol–water partition coefficient (Wildman–Crippen LogP) is 5.76. The zero-order valence-electron chi connectivity index (χ0n) is 26.9. The smallest absolute Gasteiger partial charge is 0.303 e. The zero-order valence-corrected chi connectivity index (χ0v) is 26.9. The van der Waals surface area contributed by atoms with Crippen LogP contribution in [0.4, 0.5) is 8.78 Å². The van der Waals surface area contributed by atoms with E-state index >= 15 is 8.78 Å². The maximum absolute atomic E-state index is 15.7. The number of benzene rings is 1. The number of aliphatic carboxylic acids is 1. The average molecular weight is 661 g/mol. The highest BCUT2D eigenvalue weighted by Gasteiger charge is 2.32. The summed E-state index contributed by atoms with van der Waals surface area (Å²) in [6.07, 6.45) is 15.0. The van der Waals surface area contributed by atoms with Crippen molar-refractivity contribution in [3.63, 3.8) is 0 Å². The molecule has 248 valence electrons. The van der Waals surface area contributed by atoms with Crippen LogP contribution in [0.1, 0.15) is 67.4 Å². The van der Waals surface area contributed by atoms with Gasteiger partial charge in [-0.15, -0.1) is 5.10 Å². The standard InChI is InChI=1S/C38H34F2N6O3/c1-38(25-7-4-6-24(18-25)11-12-36(47)48)15-3-2-8-27-23-46(45-44-27)17-14-30-29-13-16-41-33(29)19-26(39)20-34(30)49-28-9-5-10-32(40)31(21-28)37-42-22-35(38)43-37/h4-7,10,13,16,18-19,21-23,41H,2-3,8,11-12,14-15,17H2,1H3,(H,42,43)(H,47,48). The van der Waals surface area contributed by atoms with Crippen molar-refractivity contribution in [1.82, 2.24) is 29.9 Å². The molecule has 0 saturated carbocycles. The van der Waals surface area contributed by atoms with Crippen molar-refractivity contribution in [2.45, 2.75) is 63.8 Å². The minimum Gasteiger partial charge on any atom is -0.481 e. The topological polar surface area (TPSA) is 122 Å². The molecular formula is C38H34F2N6O3. The molecule has 1 atom stereocenters. The maximum Gasteiger partial charge on any atom is 0.303 e. The Hall–Kier alpha value is -5.76. The first-order valence-electron chi connectivity index (χ1n) is 16.3. The number of carbonyl (C=O) groups is 1. The molecule has 3 aromatic heterocycles. The van der Waals surface area contributed by atoms with E-state index in [1.54, 1.807) is 17.1 Å². The van der Waals surface area contributed by atoms with Crippen LogP contribution in [-0.2, 0) is 34.3 Å². The SMILES string of the molecule is CC1(c2cccc(CCC(=O)O)c2)CCCCc2cn(nn2)CCC2=c3cc[nH]c3=CC(F)=C=C2OC2=C=CC=C(F)C(=C2)c2ncc1[nH]2. The number of aryl methyl sites for hydroxylation is 3. The zero-order chi connectivity index (χ0) is 34.0. The van der Waals surface area contributed by atoms with Gasteiger partial charge in [0.25, 0.3) is 0 Å². The van der Waals surface area contributed by atoms with Gasteiger partial charge < -0.3 is 19.8 Å². The molecule has 0 saturated heterocycles. The van der Waals surface area contributed by atoms with Crippen molar-refractivity contribution in [1.29, 1.82) is 0 Å². The van der Waals surface area contributed by atoms with Crippen LogP contribution in [0.2, 0.25) is 0 Å². The number of hydrogen-bond donors (Lipinski definition) is 3. The predicted molar refractivity (Wildman–Crippen MR) is 179 cm³/mol. The van der Waals surface area contributed by atoms with E-state index in [2.05, 4.69) is 43.7 Å². The van der Waals surface area contributed by atoms with Crippen LogP contribution in [0.25, 0.3) is 17.2 Å². The minimum absolute atomic E-state index is 0.0317. The Bertz CT molecular complexity index is 2270. The molecule has 11 heteroatoms.